The Hall–Kier alpha value is -1.02. The molecule has 2 rings (SSSR count). The van der Waals surface area contributed by atoms with E-state index in [0.717, 1.165) is 6.54 Å². The van der Waals surface area contributed by atoms with Gasteiger partial charge in [-0.3, -0.25) is 0 Å². The second-order valence-corrected chi connectivity index (χ2v) is 6.31. The zero-order valence-electron chi connectivity index (χ0n) is 12.3. The van der Waals surface area contributed by atoms with Crippen LogP contribution in [-0.2, 0) is 6.42 Å². The molecule has 1 N–H and O–H groups in total. The Kier molecular flexibility index (Phi) is 3.67. The van der Waals surface area contributed by atoms with E-state index in [1.165, 1.54) is 17.7 Å². The van der Waals surface area contributed by atoms with E-state index in [-0.39, 0.29) is 5.41 Å². The van der Waals surface area contributed by atoms with Gasteiger partial charge in [0.05, 0.1) is 0 Å². The van der Waals surface area contributed by atoms with Crippen molar-refractivity contribution in [2.45, 2.75) is 46.2 Å². The fourth-order valence-corrected chi connectivity index (χ4v) is 2.84. The second kappa shape index (κ2) is 4.93. The standard InChI is InChI=1S/C16H26N2/c1-12-10-14-8-6-7-9-15(14)18(12)11-16(3,4)13(2)17-5/h6-9,12-13,17H,10-11H2,1-5H3. The van der Waals surface area contributed by atoms with Crippen LogP contribution in [0.4, 0.5) is 5.69 Å². The van der Waals surface area contributed by atoms with E-state index in [1.807, 2.05) is 7.05 Å². The first kappa shape index (κ1) is 13.4. The van der Waals surface area contributed by atoms with Crippen LogP contribution in [0.15, 0.2) is 24.3 Å². The highest BCUT2D eigenvalue weighted by molar-refractivity contribution is 5.59. The van der Waals surface area contributed by atoms with Crippen LogP contribution in [0.1, 0.15) is 33.3 Å². The second-order valence-electron chi connectivity index (χ2n) is 6.31. The Morgan fingerprint density at radius 1 is 1.39 bits per heavy atom. The number of hydrogen-bond donors (Lipinski definition) is 1. The summed E-state index contributed by atoms with van der Waals surface area (Å²) < 4.78 is 0. The lowest BCUT2D eigenvalue weighted by Crippen LogP contribution is -2.47. The van der Waals surface area contributed by atoms with Crippen molar-refractivity contribution >= 4 is 5.69 Å². The number of benzene rings is 1. The van der Waals surface area contributed by atoms with Gasteiger partial charge in [-0.05, 0) is 44.4 Å². The van der Waals surface area contributed by atoms with Gasteiger partial charge in [0.2, 0.25) is 0 Å². The number of para-hydroxylation sites is 1. The molecule has 0 radical (unpaired) electrons. The van der Waals surface area contributed by atoms with Crippen LogP contribution in [-0.4, -0.2) is 25.7 Å². The summed E-state index contributed by atoms with van der Waals surface area (Å²) in [6.07, 6.45) is 1.18. The predicted octanol–water partition coefficient (Wildman–Crippen LogP) is 3.07. The molecule has 2 unspecified atom stereocenters. The molecule has 1 aliphatic rings. The van der Waals surface area contributed by atoms with Crippen molar-refractivity contribution < 1.29 is 0 Å². The number of nitrogens with one attached hydrogen (secondary N) is 1. The highest BCUT2D eigenvalue weighted by Gasteiger charge is 2.33. The molecule has 0 amide bonds. The molecule has 0 saturated carbocycles. The summed E-state index contributed by atoms with van der Waals surface area (Å²) in [7, 11) is 2.05. The summed E-state index contributed by atoms with van der Waals surface area (Å²) in [6, 6.07) is 9.96. The lowest BCUT2D eigenvalue weighted by atomic mass is 9.84. The van der Waals surface area contributed by atoms with Crippen molar-refractivity contribution in [3.63, 3.8) is 0 Å². The molecular formula is C16H26N2. The molecule has 2 atom stereocenters. The molecule has 0 spiro atoms. The third-order valence-corrected chi connectivity index (χ3v) is 4.53. The smallest absolute Gasteiger partial charge is 0.0402 e. The lowest BCUT2D eigenvalue weighted by molar-refractivity contribution is 0.268. The van der Waals surface area contributed by atoms with Gasteiger partial charge in [0, 0.05) is 24.3 Å². The summed E-state index contributed by atoms with van der Waals surface area (Å²) in [4.78, 5) is 2.57. The van der Waals surface area contributed by atoms with Gasteiger partial charge in [-0.25, -0.2) is 0 Å². The van der Waals surface area contributed by atoms with E-state index >= 15 is 0 Å². The van der Waals surface area contributed by atoms with Crippen LogP contribution in [0.2, 0.25) is 0 Å². The molecule has 100 valence electrons. The van der Waals surface area contributed by atoms with Gasteiger partial charge in [-0.2, -0.15) is 0 Å². The Bertz CT molecular complexity index is 411. The maximum absolute atomic E-state index is 3.39. The molecule has 2 heteroatoms. The maximum Gasteiger partial charge on any atom is 0.0402 e. The van der Waals surface area contributed by atoms with Crippen molar-refractivity contribution in [3.05, 3.63) is 29.8 Å². The van der Waals surface area contributed by atoms with Crippen molar-refractivity contribution in [2.75, 3.05) is 18.5 Å². The summed E-state index contributed by atoms with van der Waals surface area (Å²) in [5.74, 6) is 0. The number of rotatable bonds is 4. The Morgan fingerprint density at radius 2 is 2.06 bits per heavy atom. The molecule has 0 fully saturated rings. The highest BCUT2D eigenvalue weighted by atomic mass is 15.2. The molecular weight excluding hydrogens is 220 g/mol. The molecule has 1 heterocycles. The highest BCUT2D eigenvalue weighted by Crippen LogP contribution is 2.35. The van der Waals surface area contributed by atoms with Crippen molar-refractivity contribution in [2.24, 2.45) is 5.41 Å². The van der Waals surface area contributed by atoms with E-state index in [0.29, 0.717) is 12.1 Å². The Morgan fingerprint density at radius 3 is 2.72 bits per heavy atom. The van der Waals surface area contributed by atoms with Crippen molar-refractivity contribution in [3.8, 4) is 0 Å². The van der Waals surface area contributed by atoms with Crippen molar-refractivity contribution in [1.29, 1.82) is 0 Å². The average molecular weight is 246 g/mol. The van der Waals surface area contributed by atoms with E-state index in [9.17, 15) is 0 Å². The third kappa shape index (κ3) is 2.39. The molecule has 0 saturated heterocycles. The van der Waals surface area contributed by atoms with Gasteiger partial charge in [0.1, 0.15) is 0 Å². The molecule has 1 aromatic carbocycles. The van der Waals surface area contributed by atoms with Crippen LogP contribution in [0, 0.1) is 5.41 Å². The fourth-order valence-electron chi connectivity index (χ4n) is 2.84. The van der Waals surface area contributed by atoms with Gasteiger partial charge in [-0.1, -0.05) is 32.0 Å². The lowest BCUT2D eigenvalue weighted by Gasteiger charge is -2.38. The first-order valence-electron chi connectivity index (χ1n) is 6.97. The largest absolute Gasteiger partial charge is 0.368 e. The number of nitrogens with zero attached hydrogens (tertiary/aromatic N) is 1. The van der Waals surface area contributed by atoms with E-state index in [1.54, 1.807) is 0 Å². The van der Waals surface area contributed by atoms with Crippen LogP contribution >= 0.6 is 0 Å². The van der Waals surface area contributed by atoms with Gasteiger partial charge in [-0.15, -0.1) is 0 Å². The monoisotopic (exact) mass is 246 g/mol. The summed E-state index contributed by atoms with van der Waals surface area (Å²) >= 11 is 0. The molecule has 1 aromatic rings. The van der Waals surface area contributed by atoms with Gasteiger partial charge < -0.3 is 10.2 Å². The molecule has 0 bridgehead atoms. The summed E-state index contributed by atoms with van der Waals surface area (Å²) in [5.41, 5.74) is 3.19. The Labute approximate surface area is 111 Å². The SMILES string of the molecule is CNC(C)C(C)(C)CN1c2ccccc2CC1C. The molecule has 0 aliphatic carbocycles. The van der Waals surface area contributed by atoms with Crippen LogP contribution in [0.3, 0.4) is 0 Å². The van der Waals surface area contributed by atoms with Crippen LogP contribution < -0.4 is 10.2 Å². The normalized spacial score (nSPS) is 20.9. The van der Waals surface area contributed by atoms with E-state index < -0.39 is 0 Å². The van der Waals surface area contributed by atoms with E-state index in [2.05, 4.69) is 62.2 Å². The van der Waals surface area contributed by atoms with Crippen LogP contribution in [0.5, 0.6) is 0 Å². The fraction of sp³-hybridized carbons (Fsp3) is 0.625. The molecule has 1 aliphatic heterocycles. The first-order valence-corrected chi connectivity index (χ1v) is 6.97. The minimum Gasteiger partial charge on any atom is -0.368 e. The Balaban J connectivity index is 2.20. The average Bonchev–Trinajstić information content (AvgIpc) is 2.65. The van der Waals surface area contributed by atoms with Gasteiger partial charge in [0.15, 0.2) is 0 Å². The van der Waals surface area contributed by atoms with Crippen molar-refractivity contribution in [1.82, 2.24) is 5.32 Å². The summed E-state index contributed by atoms with van der Waals surface area (Å²) in [6.45, 7) is 10.4. The van der Waals surface area contributed by atoms with Gasteiger partial charge in [0.25, 0.3) is 0 Å². The number of fused-ring (bicyclic) bond motifs is 1. The zero-order chi connectivity index (χ0) is 13.3. The quantitative estimate of drug-likeness (QED) is 0.878. The van der Waals surface area contributed by atoms with E-state index in [4.69, 9.17) is 0 Å². The minimum absolute atomic E-state index is 0.264. The topological polar surface area (TPSA) is 15.3 Å². The molecule has 2 nitrogen and oxygen atoms in total. The molecule has 18 heavy (non-hydrogen) atoms. The first-order chi connectivity index (χ1) is 8.45. The predicted molar refractivity (Wildman–Crippen MR) is 79.3 cm³/mol. The summed E-state index contributed by atoms with van der Waals surface area (Å²) in [5, 5.41) is 3.39. The minimum atomic E-state index is 0.264. The number of hydrogen-bond acceptors (Lipinski definition) is 2. The maximum atomic E-state index is 3.39. The molecule has 0 aromatic heterocycles. The third-order valence-electron chi connectivity index (χ3n) is 4.53. The number of anilines is 1. The zero-order valence-corrected chi connectivity index (χ0v) is 12.3. The van der Waals surface area contributed by atoms with Crippen LogP contribution in [0.25, 0.3) is 0 Å². The van der Waals surface area contributed by atoms with Gasteiger partial charge >= 0.3 is 0 Å².